The van der Waals surface area contributed by atoms with Gasteiger partial charge in [-0.1, -0.05) is 13.8 Å². The Balaban J connectivity index is 2.44. The molecule has 1 aliphatic rings. The van der Waals surface area contributed by atoms with E-state index < -0.39 is 12.6 Å². The zero-order valence-electron chi connectivity index (χ0n) is 14.2. The summed E-state index contributed by atoms with van der Waals surface area (Å²) in [6, 6.07) is 0.320. The molecule has 1 rings (SSSR count). The first-order valence-corrected chi connectivity index (χ1v) is 8.15. The van der Waals surface area contributed by atoms with Crippen LogP contribution in [0.25, 0.3) is 0 Å². The number of ether oxygens (including phenoxy) is 1. The molecular weight excluding hydrogens is 309 g/mol. The lowest BCUT2D eigenvalue weighted by Gasteiger charge is -2.35. The number of morpholine rings is 1. The third kappa shape index (κ3) is 9.00. The minimum atomic E-state index is -4.15. The summed E-state index contributed by atoms with van der Waals surface area (Å²) in [6.45, 7) is 8.06. The molecule has 5 nitrogen and oxygen atoms in total. The van der Waals surface area contributed by atoms with Crippen molar-refractivity contribution in [3.63, 3.8) is 0 Å². The number of guanidine groups is 1. The smallest absolute Gasteiger partial charge is 0.379 e. The van der Waals surface area contributed by atoms with Gasteiger partial charge in [0.25, 0.3) is 0 Å². The molecule has 1 heterocycles. The van der Waals surface area contributed by atoms with Crippen molar-refractivity contribution in [1.82, 2.24) is 15.5 Å². The average molecular weight is 338 g/mol. The Kier molecular flexibility index (Phi) is 8.68. The molecule has 136 valence electrons. The van der Waals surface area contributed by atoms with Crippen LogP contribution in [-0.4, -0.2) is 69.5 Å². The molecule has 0 spiro atoms. The highest BCUT2D eigenvalue weighted by Gasteiger charge is 2.26. The fraction of sp³-hybridized carbons (Fsp3) is 0.933. The molecule has 0 aromatic rings. The standard InChI is InChI=1S/C15H29F3N4O/c1-12(2)10-13(22-6-8-23-9-7-22)11-21-14(19-3)20-5-4-15(16,17)18/h12-13H,4-11H2,1-3H3,(H2,19,20,21). The molecule has 0 aromatic carbocycles. The van der Waals surface area contributed by atoms with Gasteiger partial charge in [-0.3, -0.25) is 9.89 Å². The van der Waals surface area contributed by atoms with Crippen molar-refractivity contribution in [2.24, 2.45) is 10.9 Å². The number of alkyl halides is 3. The molecule has 1 aliphatic heterocycles. The van der Waals surface area contributed by atoms with Crippen LogP contribution in [0.1, 0.15) is 26.7 Å². The number of rotatable bonds is 7. The maximum Gasteiger partial charge on any atom is 0.390 e. The normalized spacial score (nSPS) is 19.0. The summed E-state index contributed by atoms with van der Waals surface area (Å²) in [7, 11) is 1.56. The number of hydrogen-bond donors (Lipinski definition) is 2. The van der Waals surface area contributed by atoms with Crippen molar-refractivity contribution < 1.29 is 17.9 Å². The Hall–Kier alpha value is -1.02. The van der Waals surface area contributed by atoms with Crippen molar-refractivity contribution in [3.05, 3.63) is 0 Å². The Morgan fingerprint density at radius 1 is 1.22 bits per heavy atom. The molecule has 1 unspecified atom stereocenters. The highest BCUT2D eigenvalue weighted by Crippen LogP contribution is 2.18. The molecule has 2 N–H and O–H groups in total. The van der Waals surface area contributed by atoms with E-state index in [1.165, 1.54) is 0 Å². The molecule has 0 aromatic heterocycles. The van der Waals surface area contributed by atoms with Crippen LogP contribution in [0.2, 0.25) is 0 Å². The van der Waals surface area contributed by atoms with E-state index in [0.717, 1.165) is 32.7 Å². The van der Waals surface area contributed by atoms with Crippen LogP contribution in [0.3, 0.4) is 0 Å². The predicted molar refractivity (Wildman–Crippen MR) is 85.7 cm³/mol. The van der Waals surface area contributed by atoms with Gasteiger partial charge in [-0.05, 0) is 12.3 Å². The lowest BCUT2D eigenvalue weighted by molar-refractivity contribution is -0.132. The summed E-state index contributed by atoms with van der Waals surface area (Å²) in [6.07, 6.45) is -4.00. The highest BCUT2D eigenvalue weighted by molar-refractivity contribution is 5.79. The Labute approximate surface area is 136 Å². The summed E-state index contributed by atoms with van der Waals surface area (Å²) >= 11 is 0. The summed E-state index contributed by atoms with van der Waals surface area (Å²) in [5.74, 6) is 0.959. The topological polar surface area (TPSA) is 48.9 Å². The molecule has 1 saturated heterocycles. The molecule has 0 aliphatic carbocycles. The van der Waals surface area contributed by atoms with Gasteiger partial charge in [-0.15, -0.1) is 0 Å². The third-order valence-electron chi connectivity index (χ3n) is 3.74. The van der Waals surface area contributed by atoms with Gasteiger partial charge in [0.2, 0.25) is 0 Å². The van der Waals surface area contributed by atoms with Crippen LogP contribution < -0.4 is 10.6 Å². The van der Waals surface area contributed by atoms with Gasteiger partial charge in [0, 0.05) is 39.3 Å². The monoisotopic (exact) mass is 338 g/mol. The first-order chi connectivity index (χ1) is 10.8. The second kappa shape index (κ2) is 9.97. The molecule has 0 amide bonds. The van der Waals surface area contributed by atoms with Gasteiger partial charge < -0.3 is 15.4 Å². The van der Waals surface area contributed by atoms with Crippen LogP contribution in [0.15, 0.2) is 4.99 Å². The molecular formula is C15H29F3N4O. The second-order valence-corrected chi connectivity index (χ2v) is 6.18. The van der Waals surface area contributed by atoms with Crippen LogP contribution >= 0.6 is 0 Å². The fourth-order valence-electron chi connectivity index (χ4n) is 2.61. The molecule has 0 bridgehead atoms. The van der Waals surface area contributed by atoms with Crippen LogP contribution in [-0.2, 0) is 4.74 Å². The minimum Gasteiger partial charge on any atom is -0.379 e. The van der Waals surface area contributed by atoms with Crippen molar-refractivity contribution >= 4 is 5.96 Å². The first-order valence-electron chi connectivity index (χ1n) is 8.15. The molecule has 8 heteroatoms. The van der Waals surface area contributed by atoms with E-state index in [2.05, 4.69) is 34.4 Å². The van der Waals surface area contributed by atoms with E-state index >= 15 is 0 Å². The number of halogens is 3. The molecule has 0 radical (unpaired) electrons. The summed E-state index contributed by atoms with van der Waals surface area (Å²) < 4.78 is 42.0. The zero-order valence-corrected chi connectivity index (χ0v) is 14.2. The van der Waals surface area contributed by atoms with E-state index in [-0.39, 0.29) is 6.54 Å². The Bertz CT molecular complexity index is 355. The summed E-state index contributed by atoms with van der Waals surface area (Å²) in [5, 5.41) is 5.86. The van der Waals surface area contributed by atoms with Gasteiger partial charge in [-0.2, -0.15) is 13.2 Å². The molecule has 1 atom stereocenters. The first kappa shape index (κ1) is 20.0. The lowest BCUT2D eigenvalue weighted by atomic mass is 10.0. The van der Waals surface area contributed by atoms with Gasteiger partial charge in [0.05, 0.1) is 19.6 Å². The maximum absolute atomic E-state index is 12.2. The third-order valence-corrected chi connectivity index (χ3v) is 3.74. The summed E-state index contributed by atoms with van der Waals surface area (Å²) in [4.78, 5) is 6.36. The number of hydrogen-bond acceptors (Lipinski definition) is 3. The van der Waals surface area contributed by atoms with Crippen molar-refractivity contribution in [1.29, 1.82) is 0 Å². The second-order valence-electron chi connectivity index (χ2n) is 6.18. The van der Waals surface area contributed by atoms with E-state index in [1.807, 2.05) is 0 Å². The largest absolute Gasteiger partial charge is 0.390 e. The van der Waals surface area contributed by atoms with Crippen molar-refractivity contribution in [2.75, 3.05) is 46.4 Å². The molecule has 0 saturated carbocycles. The van der Waals surface area contributed by atoms with Gasteiger partial charge in [-0.25, -0.2) is 0 Å². The van der Waals surface area contributed by atoms with Crippen molar-refractivity contribution in [2.45, 2.75) is 38.9 Å². The van der Waals surface area contributed by atoms with Gasteiger partial charge >= 0.3 is 6.18 Å². The summed E-state index contributed by atoms with van der Waals surface area (Å²) in [5.41, 5.74) is 0. The predicted octanol–water partition coefficient (Wildman–Crippen LogP) is 1.85. The van der Waals surface area contributed by atoms with E-state index in [1.54, 1.807) is 7.05 Å². The number of nitrogens with zero attached hydrogens (tertiary/aromatic N) is 2. The molecule has 1 fully saturated rings. The van der Waals surface area contributed by atoms with Gasteiger partial charge in [0.1, 0.15) is 0 Å². The lowest BCUT2D eigenvalue weighted by Crippen LogP contribution is -2.51. The quantitative estimate of drug-likeness (QED) is 0.549. The highest BCUT2D eigenvalue weighted by atomic mass is 19.4. The van der Waals surface area contributed by atoms with Gasteiger partial charge in [0.15, 0.2) is 5.96 Å². The van der Waals surface area contributed by atoms with Crippen LogP contribution in [0.4, 0.5) is 13.2 Å². The van der Waals surface area contributed by atoms with E-state index in [9.17, 15) is 13.2 Å². The zero-order chi connectivity index (χ0) is 17.3. The SMILES string of the molecule is CN=C(NCCC(F)(F)F)NCC(CC(C)C)N1CCOCC1. The Morgan fingerprint density at radius 2 is 1.87 bits per heavy atom. The van der Waals surface area contributed by atoms with E-state index in [4.69, 9.17) is 4.74 Å². The van der Waals surface area contributed by atoms with E-state index in [0.29, 0.717) is 24.5 Å². The fourth-order valence-corrected chi connectivity index (χ4v) is 2.61. The number of nitrogens with one attached hydrogen (secondary N) is 2. The van der Waals surface area contributed by atoms with Crippen molar-refractivity contribution in [3.8, 4) is 0 Å². The van der Waals surface area contributed by atoms with Crippen LogP contribution in [0, 0.1) is 5.92 Å². The average Bonchev–Trinajstić information content (AvgIpc) is 2.48. The Morgan fingerprint density at radius 3 is 2.39 bits per heavy atom. The number of aliphatic imine (C=N–C) groups is 1. The van der Waals surface area contributed by atoms with Crippen LogP contribution in [0.5, 0.6) is 0 Å². The maximum atomic E-state index is 12.2. The minimum absolute atomic E-state index is 0.171. The molecule has 23 heavy (non-hydrogen) atoms.